The van der Waals surface area contributed by atoms with Crippen molar-refractivity contribution in [1.29, 1.82) is 5.26 Å². The van der Waals surface area contributed by atoms with Crippen LogP contribution in [0.1, 0.15) is 11.1 Å². The Kier molecular flexibility index (Phi) is 3.05. The molecule has 2 aromatic rings. The predicted molar refractivity (Wildman–Crippen MR) is 66.6 cm³/mol. The smallest absolute Gasteiger partial charge is 0.131 e. The molecule has 3 heteroatoms. The predicted octanol–water partition coefficient (Wildman–Crippen LogP) is 2.68. The largest absolute Gasteiger partial charge is 0.340 e. The highest BCUT2D eigenvalue weighted by Gasteiger charge is 1.98. The van der Waals surface area contributed by atoms with Crippen molar-refractivity contribution in [2.75, 3.05) is 5.32 Å². The van der Waals surface area contributed by atoms with E-state index in [9.17, 15) is 0 Å². The molecule has 0 aliphatic heterocycles. The normalized spacial score (nSPS) is 9.06. The standard InChI is InChI=1S/C14H9N3/c1-2-11-4-3-5-13(8-11)17-14-9-12(10-15)6-7-16-14/h1,3-9H,(H,16,17). The highest BCUT2D eigenvalue weighted by atomic mass is 15.0. The molecule has 2 rings (SSSR count). The molecule has 0 saturated carbocycles. The Morgan fingerprint density at radius 1 is 1.18 bits per heavy atom. The van der Waals surface area contributed by atoms with Crippen LogP contribution >= 0.6 is 0 Å². The monoisotopic (exact) mass is 219 g/mol. The van der Waals surface area contributed by atoms with Crippen LogP contribution in [0.15, 0.2) is 42.6 Å². The lowest BCUT2D eigenvalue weighted by Gasteiger charge is -2.05. The maximum absolute atomic E-state index is 8.78. The van der Waals surface area contributed by atoms with Gasteiger partial charge in [0, 0.05) is 17.4 Å². The van der Waals surface area contributed by atoms with Crippen LogP contribution in [-0.4, -0.2) is 4.98 Å². The molecule has 1 aromatic heterocycles. The Morgan fingerprint density at radius 2 is 2.06 bits per heavy atom. The quantitative estimate of drug-likeness (QED) is 0.790. The van der Waals surface area contributed by atoms with Crippen LogP contribution in [0.25, 0.3) is 0 Å². The first-order valence-electron chi connectivity index (χ1n) is 5.01. The number of anilines is 2. The summed E-state index contributed by atoms with van der Waals surface area (Å²) in [5.74, 6) is 3.19. The van der Waals surface area contributed by atoms with Gasteiger partial charge in [-0.15, -0.1) is 6.42 Å². The van der Waals surface area contributed by atoms with E-state index in [4.69, 9.17) is 11.7 Å². The van der Waals surface area contributed by atoms with E-state index in [1.165, 1.54) is 0 Å². The number of hydrogen-bond donors (Lipinski definition) is 1. The van der Waals surface area contributed by atoms with Crippen molar-refractivity contribution in [3.63, 3.8) is 0 Å². The second-order valence-corrected chi connectivity index (χ2v) is 3.39. The van der Waals surface area contributed by atoms with Crippen molar-refractivity contribution in [1.82, 2.24) is 4.98 Å². The molecule has 1 heterocycles. The van der Waals surface area contributed by atoms with Crippen LogP contribution in [0.5, 0.6) is 0 Å². The van der Waals surface area contributed by atoms with E-state index in [1.54, 1.807) is 18.3 Å². The van der Waals surface area contributed by atoms with Gasteiger partial charge in [-0.25, -0.2) is 4.98 Å². The summed E-state index contributed by atoms with van der Waals surface area (Å²) >= 11 is 0. The lowest BCUT2D eigenvalue weighted by molar-refractivity contribution is 1.29. The van der Waals surface area contributed by atoms with Gasteiger partial charge in [-0.3, -0.25) is 0 Å². The summed E-state index contributed by atoms with van der Waals surface area (Å²) in [7, 11) is 0. The first-order valence-corrected chi connectivity index (χ1v) is 5.01. The molecule has 0 aliphatic carbocycles. The Labute approximate surface area is 99.7 Å². The van der Waals surface area contributed by atoms with Gasteiger partial charge in [0.1, 0.15) is 5.82 Å². The SMILES string of the molecule is C#Cc1cccc(Nc2cc(C#N)ccn2)c1. The maximum atomic E-state index is 8.78. The van der Waals surface area contributed by atoms with Crippen molar-refractivity contribution < 1.29 is 0 Å². The molecule has 1 aromatic carbocycles. The van der Waals surface area contributed by atoms with E-state index >= 15 is 0 Å². The summed E-state index contributed by atoms with van der Waals surface area (Å²) in [6.45, 7) is 0. The molecule has 0 atom stereocenters. The van der Waals surface area contributed by atoms with Gasteiger partial charge in [0.05, 0.1) is 11.6 Å². The molecule has 3 nitrogen and oxygen atoms in total. The zero-order chi connectivity index (χ0) is 12.1. The van der Waals surface area contributed by atoms with E-state index in [0.717, 1.165) is 11.3 Å². The molecule has 1 N–H and O–H groups in total. The van der Waals surface area contributed by atoms with E-state index in [0.29, 0.717) is 11.4 Å². The van der Waals surface area contributed by atoms with Crippen LogP contribution in [0.2, 0.25) is 0 Å². The third-order valence-corrected chi connectivity index (χ3v) is 2.19. The number of hydrogen-bond acceptors (Lipinski definition) is 3. The van der Waals surface area contributed by atoms with Crippen molar-refractivity contribution in [3.05, 3.63) is 53.7 Å². The van der Waals surface area contributed by atoms with Gasteiger partial charge >= 0.3 is 0 Å². The van der Waals surface area contributed by atoms with Crippen LogP contribution in [0.4, 0.5) is 11.5 Å². The summed E-state index contributed by atoms with van der Waals surface area (Å²) in [4.78, 5) is 4.12. The Bertz CT molecular complexity index is 562. The lowest BCUT2D eigenvalue weighted by Crippen LogP contribution is -1.94. The average Bonchev–Trinajstić information content (AvgIpc) is 2.39. The molecular formula is C14H9N3. The van der Waals surface area contributed by atoms with Crippen molar-refractivity contribution in [2.45, 2.75) is 0 Å². The van der Waals surface area contributed by atoms with Gasteiger partial charge in [0.2, 0.25) is 0 Å². The minimum absolute atomic E-state index is 0.565. The van der Waals surface area contributed by atoms with Gasteiger partial charge in [0.25, 0.3) is 0 Å². The number of rotatable bonds is 2. The molecule has 0 unspecified atom stereocenters. The second kappa shape index (κ2) is 4.83. The molecule has 80 valence electrons. The molecule has 0 spiro atoms. The summed E-state index contributed by atoms with van der Waals surface area (Å²) in [5.41, 5.74) is 2.21. The van der Waals surface area contributed by atoms with Gasteiger partial charge in [-0.1, -0.05) is 12.0 Å². The third kappa shape index (κ3) is 2.62. The number of benzene rings is 1. The zero-order valence-electron chi connectivity index (χ0n) is 9.01. The van der Waals surface area contributed by atoms with Crippen molar-refractivity contribution in [2.24, 2.45) is 0 Å². The summed E-state index contributed by atoms with van der Waals surface area (Å²) in [6, 6.07) is 12.9. The van der Waals surface area contributed by atoms with Crippen LogP contribution in [0.3, 0.4) is 0 Å². The minimum Gasteiger partial charge on any atom is -0.340 e. The Hall–Kier alpha value is -2.78. The molecule has 0 bridgehead atoms. The number of aromatic nitrogens is 1. The minimum atomic E-state index is 0.565. The third-order valence-electron chi connectivity index (χ3n) is 2.19. The van der Waals surface area contributed by atoms with Crippen LogP contribution in [-0.2, 0) is 0 Å². The molecule has 0 aliphatic rings. The van der Waals surface area contributed by atoms with E-state index in [1.807, 2.05) is 24.3 Å². The second-order valence-electron chi connectivity index (χ2n) is 3.39. The molecule has 0 saturated heterocycles. The summed E-state index contributed by atoms with van der Waals surface area (Å²) in [6.07, 6.45) is 6.91. The topological polar surface area (TPSA) is 48.7 Å². The fourth-order valence-corrected chi connectivity index (χ4v) is 1.40. The van der Waals surface area contributed by atoms with E-state index in [2.05, 4.69) is 22.3 Å². The van der Waals surface area contributed by atoms with Gasteiger partial charge < -0.3 is 5.32 Å². The molecule has 0 amide bonds. The van der Waals surface area contributed by atoms with Crippen LogP contribution in [0, 0.1) is 23.7 Å². The Balaban J connectivity index is 2.26. The lowest BCUT2D eigenvalue weighted by atomic mass is 10.2. The van der Waals surface area contributed by atoms with E-state index < -0.39 is 0 Å². The fourth-order valence-electron chi connectivity index (χ4n) is 1.40. The number of nitrogens with zero attached hydrogens (tertiary/aromatic N) is 2. The maximum Gasteiger partial charge on any atom is 0.131 e. The number of nitriles is 1. The Morgan fingerprint density at radius 3 is 2.82 bits per heavy atom. The van der Waals surface area contributed by atoms with Crippen LogP contribution < -0.4 is 5.32 Å². The average molecular weight is 219 g/mol. The molecule has 0 fully saturated rings. The first-order chi connectivity index (χ1) is 8.31. The van der Waals surface area contributed by atoms with Crippen molar-refractivity contribution >= 4 is 11.5 Å². The van der Waals surface area contributed by atoms with E-state index in [-0.39, 0.29) is 0 Å². The zero-order valence-corrected chi connectivity index (χ0v) is 9.01. The van der Waals surface area contributed by atoms with Gasteiger partial charge in [-0.2, -0.15) is 5.26 Å². The van der Waals surface area contributed by atoms with Gasteiger partial charge in [-0.05, 0) is 30.3 Å². The molecule has 0 radical (unpaired) electrons. The first kappa shape index (κ1) is 10.7. The highest BCUT2D eigenvalue weighted by Crippen LogP contribution is 2.16. The number of pyridine rings is 1. The van der Waals surface area contributed by atoms with Crippen molar-refractivity contribution in [3.8, 4) is 18.4 Å². The number of terminal acetylenes is 1. The fraction of sp³-hybridized carbons (Fsp3) is 0. The summed E-state index contributed by atoms with van der Waals surface area (Å²) in [5, 5.41) is 11.9. The van der Waals surface area contributed by atoms with Gasteiger partial charge in [0.15, 0.2) is 0 Å². The highest BCUT2D eigenvalue weighted by molar-refractivity contribution is 5.59. The molecular weight excluding hydrogens is 210 g/mol. The molecule has 17 heavy (non-hydrogen) atoms. The summed E-state index contributed by atoms with van der Waals surface area (Å²) < 4.78 is 0. The number of nitrogens with one attached hydrogen (secondary N) is 1.